The van der Waals surface area contributed by atoms with E-state index in [0.29, 0.717) is 49.0 Å². The van der Waals surface area contributed by atoms with Crippen LogP contribution < -0.4 is 10.2 Å². The Balaban J connectivity index is 1.61. The number of rotatable bonds is 6. The molecule has 0 saturated carbocycles. The van der Waals surface area contributed by atoms with Crippen LogP contribution in [0.15, 0.2) is 36.4 Å². The molecule has 4 rings (SSSR count). The van der Waals surface area contributed by atoms with Gasteiger partial charge in [0.2, 0.25) is 0 Å². The number of nitrogens with one attached hydrogen (secondary N) is 1. The molecule has 166 valence electrons. The number of nitrogens with zero attached hydrogens (tertiary/aromatic N) is 4. The van der Waals surface area contributed by atoms with Crippen molar-refractivity contribution in [2.45, 2.75) is 32.5 Å². The number of benzene rings is 2. The van der Waals surface area contributed by atoms with Gasteiger partial charge in [-0.2, -0.15) is 0 Å². The van der Waals surface area contributed by atoms with Crippen LogP contribution in [0.25, 0.3) is 15.6 Å². The van der Waals surface area contributed by atoms with Gasteiger partial charge < -0.3 is 15.3 Å². The summed E-state index contributed by atoms with van der Waals surface area (Å²) in [4.78, 5) is 5.67. The summed E-state index contributed by atoms with van der Waals surface area (Å²) in [6.07, 6.45) is 0.126. The average Bonchev–Trinajstić information content (AvgIpc) is 2.83. The van der Waals surface area contributed by atoms with Crippen molar-refractivity contribution >= 4 is 39.7 Å². The molecule has 0 amide bonds. The van der Waals surface area contributed by atoms with E-state index in [1.165, 1.54) is 0 Å². The topological polar surface area (TPSA) is 65.6 Å². The SMILES string of the molecule is [C-]#[N+]c1ccc2c(N3CCC(C(F)CO)CC3)nnc(NCc3ccc(C)c(Cl)c3)c2c1. The summed E-state index contributed by atoms with van der Waals surface area (Å²) in [6.45, 7) is 10.7. The Labute approximate surface area is 191 Å². The first-order chi connectivity index (χ1) is 15.5. The highest BCUT2D eigenvalue weighted by molar-refractivity contribution is 6.31. The minimum atomic E-state index is -1.18. The van der Waals surface area contributed by atoms with Gasteiger partial charge in [-0.3, -0.25) is 0 Å². The average molecular weight is 454 g/mol. The molecular weight excluding hydrogens is 429 g/mol. The molecule has 0 spiro atoms. The Kier molecular flexibility index (Phi) is 6.73. The molecule has 2 aromatic carbocycles. The molecule has 2 N–H and O–H groups in total. The highest BCUT2D eigenvalue weighted by atomic mass is 35.5. The highest BCUT2D eigenvalue weighted by Crippen LogP contribution is 2.34. The Morgan fingerprint density at radius 2 is 2.00 bits per heavy atom. The van der Waals surface area contributed by atoms with Crippen molar-refractivity contribution in [1.29, 1.82) is 0 Å². The molecule has 1 aliphatic rings. The first-order valence-electron chi connectivity index (χ1n) is 10.7. The predicted molar refractivity (Wildman–Crippen MR) is 126 cm³/mol. The van der Waals surface area contributed by atoms with Gasteiger partial charge >= 0.3 is 0 Å². The van der Waals surface area contributed by atoms with E-state index in [2.05, 4.69) is 25.3 Å². The first-order valence-corrected chi connectivity index (χ1v) is 11.0. The maximum Gasteiger partial charge on any atom is 0.188 e. The standard InChI is InChI=1S/C24H25ClFN5O/c1-15-3-4-16(11-21(15)25)13-28-23-20-12-18(27-2)5-6-19(20)24(30-29-23)31-9-7-17(8-10-31)22(26)14-32/h3-6,11-12,17,22,32H,7-10,13-14H2,1H3,(H,28,29). The second-order valence-corrected chi connectivity index (χ2v) is 8.58. The number of hydrogen-bond donors (Lipinski definition) is 2. The van der Waals surface area contributed by atoms with E-state index in [-0.39, 0.29) is 5.92 Å². The zero-order valence-electron chi connectivity index (χ0n) is 17.9. The molecule has 1 aromatic heterocycles. The minimum absolute atomic E-state index is 0.133. The van der Waals surface area contributed by atoms with Gasteiger partial charge in [0.25, 0.3) is 0 Å². The summed E-state index contributed by atoms with van der Waals surface area (Å²) >= 11 is 6.24. The number of alkyl halides is 1. The maximum atomic E-state index is 13.9. The molecular formula is C24H25ClFN5O. The molecule has 32 heavy (non-hydrogen) atoms. The van der Waals surface area contributed by atoms with E-state index >= 15 is 0 Å². The molecule has 1 unspecified atom stereocenters. The van der Waals surface area contributed by atoms with E-state index in [4.69, 9.17) is 23.3 Å². The molecule has 3 aromatic rings. The van der Waals surface area contributed by atoms with Crippen LogP contribution in [0.1, 0.15) is 24.0 Å². The third kappa shape index (κ3) is 4.62. The second kappa shape index (κ2) is 9.68. The molecule has 6 nitrogen and oxygen atoms in total. The lowest BCUT2D eigenvalue weighted by molar-refractivity contribution is 0.112. The molecule has 1 saturated heterocycles. The van der Waals surface area contributed by atoms with Crippen molar-refractivity contribution in [2.75, 3.05) is 29.9 Å². The number of hydrogen-bond acceptors (Lipinski definition) is 5. The first kappa shape index (κ1) is 22.3. The van der Waals surface area contributed by atoms with E-state index in [1.54, 1.807) is 6.07 Å². The quantitative estimate of drug-likeness (QED) is 0.496. The largest absolute Gasteiger partial charge is 0.393 e. The van der Waals surface area contributed by atoms with Crippen molar-refractivity contribution in [3.8, 4) is 0 Å². The van der Waals surface area contributed by atoms with Crippen LogP contribution in [0.4, 0.5) is 21.7 Å². The lowest BCUT2D eigenvalue weighted by Gasteiger charge is -2.34. The molecule has 8 heteroatoms. The molecule has 1 aliphatic heterocycles. The van der Waals surface area contributed by atoms with Crippen LogP contribution in [-0.2, 0) is 6.54 Å². The van der Waals surface area contributed by atoms with E-state index in [9.17, 15) is 4.39 Å². The van der Waals surface area contributed by atoms with Gasteiger partial charge in [0.1, 0.15) is 6.17 Å². The fraction of sp³-hybridized carbons (Fsp3) is 0.375. The molecule has 0 radical (unpaired) electrons. The minimum Gasteiger partial charge on any atom is -0.393 e. The number of halogens is 2. The van der Waals surface area contributed by atoms with Crippen molar-refractivity contribution in [3.05, 3.63) is 64.0 Å². The molecule has 0 aliphatic carbocycles. The van der Waals surface area contributed by atoms with E-state index in [1.807, 2.05) is 37.3 Å². The van der Waals surface area contributed by atoms with Crippen LogP contribution in [0.3, 0.4) is 0 Å². The Morgan fingerprint density at radius 1 is 1.22 bits per heavy atom. The van der Waals surface area contributed by atoms with Crippen molar-refractivity contribution < 1.29 is 9.50 Å². The molecule has 1 atom stereocenters. The summed E-state index contributed by atoms with van der Waals surface area (Å²) in [5.41, 5.74) is 2.57. The maximum absolute atomic E-state index is 13.9. The number of fused-ring (bicyclic) bond motifs is 1. The lowest BCUT2D eigenvalue weighted by atomic mass is 9.92. The third-order valence-corrected chi connectivity index (χ3v) is 6.50. The normalized spacial score (nSPS) is 15.5. The third-order valence-electron chi connectivity index (χ3n) is 6.09. The van der Waals surface area contributed by atoms with Gasteiger partial charge in [-0.05, 0) is 48.9 Å². The van der Waals surface area contributed by atoms with Gasteiger partial charge in [-0.15, -0.1) is 10.2 Å². The summed E-state index contributed by atoms with van der Waals surface area (Å²) in [7, 11) is 0. The van der Waals surface area contributed by atoms with Crippen LogP contribution in [0.2, 0.25) is 5.02 Å². The fourth-order valence-electron chi connectivity index (χ4n) is 4.12. The number of piperidine rings is 1. The number of anilines is 2. The second-order valence-electron chi connectivity index (χ2n) is 8.17. The Morgan fingerprint density at radius 3 is 2.69 bits per heavy atom. The van der Waals surface area contributed by atoms with Gasteiger partial charge in [-0.25, -0.2) is 9.24 Å². The van der Waals surface area contributed by atoms with Crippen molar-refractivity contribution in [1.82, 2.24) is 10.2 Å². The molecule has 2 heterocycles. The van der Waals surface area contributed by atoms with Crippen LogP contribution in [-0.4, -0.2) is 41.2 Å². The lowest BCUT2D eigenvalue weighted by Crippen LogP contribution is -2.38. The zero-order chi connectivity index (χ0) is 22.7. The molecule has 1 fully saturated rings. The van der Waals surface area contributed by atoms with Gasteiger partial charge in [0, 0.05) is 35.4 Å². The fourth-order valence-corrected chi connectivity index (χ4v) is 4.32. The van der Waals surface area contributed by atoms with Gasteiger partial charge in [-0.1, -0.05) is 35.9 Å². The Bertz CT molecular complexity index is 1160. The monoisotopic (exact) mass is 453 g/mol. The highest BCUT2D eigenvalue weighted by Gasteiger charge is 2.27. The van der Waals surface area contributed by atoms with E-state index < -0.39 is 12.8 Å². The Hall–Kier alpha value is -2.95. The predicted octanol–water partition coefficient (Wildman–Crippen LogP) is 5.30. The van der Waals surface area contributed by atoms with Crippen molar-refractivity contribution in [3.63, 3.8) is 0 Å². The molecule has 0 bridgehead atoms. The summed E-state index contributed by atoms with van der Waals surface area (Å²) in [5.74, 6) is 1.20. The van der Waals surface area contributed by atoms with Crippen molar-refractivity contribution in [2.24, 2.45) is 5.92 Å². The van der Waals surface area contributed by atoms with Gasteiger partial charge in [0.05, 0.1) is 13.2 Å². The number of aliphatic hydroxyl groups is 1. The number of aromatic nitrogens is 2. The zero-order valence-corrected chi connectivity index (χ0v) is 18.6. The number of aryl methyl sites for hydroxylation is 1. The summed E-state index contributed by atoms with van der Waals surface area (Å²) in [6, 6.07) is 11.4. The smallest absolute Gasteiger partial charge is 0.188 e. The van der Waals surface area contributed by atoms with Crippen LogP contribution >= 0.6 is 11.6 Å². The summed E-state index contributed by atoms with van der Waals surface area (Å²) < 4.78 is 13.9. The van der Waals surface area contributed by atoms with Gasteiger partial charge in [0.15, 0.2) is 17.3 Å². The van der Waals surface area contributed by atoms with Crippen LogP contribution in [0, 0.1) is 19.4 Å². The summed E-state index contributed by atoms with van der Waals surface area (Å²) in [5, 5.41) is 23.8. The van der Waals surface area contributed by atoms with E-state index in [0.717, 1.165) is 27.7 Å². The van der Waals surface area contributed by atoms with Crippen LogP contribution in [0.5, 0.6) is 0 Å². The number of aliphatic hydroxyl groups excluding tert-OH is 1.